The van der Waals surface area contributed by atoms with Crippen molar-refractivity contribution in [2.75, 3.05) is 4.90 Å². The lowest BCUT2D eigenvalue weighted by atomic mass is 9.66. The maximum Gasteiger partial charge on any atom is 0.131 e. The van der Waals surface area contributed by atoms with Gasteiger partial charge < -0.3 is 4.90 Å². The van der Waals surface area contributed by atoms with E-state index in [4.69, 9.17) is 0 Å². The number of hydrogen-bond acceptors (Lipinski definition) is 4. The van der Waals surface area contributed by atoms with Gasteiger partial charge in [-0.1, -0.05) is 84.4 Å². The number of anilines is 3. The molecule has 0 bridgehead atoms. The smallest absolute Gasteiger partial charge is 0.131 e. The third-order valence-electron chi connectivity index (χ3n) is 8.23. The van der Waals surface area contributed by atoms with Gasteiger partial charge in [0.25, 0.3) is 0 Å². The Kier molecular flexibility index (Phi) is 5.33. The van der Waals surface area contributed by atoms with Gasteiger partial charge in [-0.15, -0.1) is 11.3 Å². The molecule has 1 aliphatic heterocycles. The van der Waals surface area contributed by atoms with E-state index in [1.54, 1.807) is 17.4 Å². The minimum atomic E-state index is -0.524. The molecule has 1 aromatic heterocycles. The van der Waals surface area contributed by atoms with Crippen LogP contribution in [-0.4, -0.2) is 0 Å². The SMILES string of the molecule is Cc1cc(C)c(N2c3ccccc3C3(c4ccccc4-c4ccccc43)c3cc(C=C(C#N)C#N)sc32)c(C)c1. The summed E-state index contributed by atoms with van der Waals surface area (Å²) in [6, 6.07) is 37.0. The zero-order valence-corrected chi connectivity index (χ0v) is 23.3. The van der Waals surface area contributed by atoms with E-state index in [9.17, 15) is 10.5 Å². The first-order valence-electron chi connectivity index (χ1n) is 13.3. The predicted octanol–water partition coefficient (Wildman–Crippen LogP) is 9.25. The van der Waals surface area contributed by atoms with Gasteiger partial charge in [-0.05, 0) is 77.9 Å². The van der Waals surface area contributed by atoms with Crippen molar-refractivity contribution in [3.05, 3.63) is 140 Å². The zero-order chi connectivity index (χ0) is 27.6. The molecule has 3 nitrogen and oxygen atoms in total. The lowest BCUT2D eigenvalue weighted by Gasteiger charge is -2.44. The Morgan fingerprint density at radius 1 is 0.725 bits per heavy atom. The summed E-state index contributed by atoms with van der Waals surface area (Å²) in [5.74, 6) is 0. The van der Waals surface area contributed by atoms with Crippen molar-refractivity contribution in [2.45, 2.75) is 26.2 Å². The van der Waals surface area contributed by atoms with E-state index in [2.05, 4.69) is 129 Å². The van der Waals surface area contributed by atoms with Crippen molar-refractivity contribution in [3.63, 3.8) is 0 Å². The topological polar surface area (TPSA) is 50.8 Å². The Labute approximate surface area is 238 Å². The first-order chi connectivity index (χ1) is 19.5. The lowest BCUT2D eigenvalue weighted by molar-refractivity contribution is 0.757. The number of thiophene rings is 1. The Balaban J connectivity index is 1.66. The molecular formula is C36H25N3S. The quantitative estimate of drug-likeness (QED) is 0.209. The molecule has 1 aliphatic carbocycles. The molecule has 0 fully saturated rings. The molecule has 0 amide bonds. The predicted molar refractivity (Wildman–Crippen MR) is 163 cm³/mol. The molecule has 0 saturated carbocycles. The highest BCUT2D eigenvalue weighted by atomic mass is 32.1. The standard InChI is InChI=1S/C36H25N3S/c1-22-16-23(2)34(24(3)17-22)39-33-15-9-8-14-31(33)36(32-19-26(40-35(32)39)18-25(20-37)21-38)29-12-6-4-10-27(29)28-11-5-7-13-30(28)36/h4-19H,1-3H3. The first kappa shape index (κ1) is 24.2. The van der Waals surface area contributed by atoms with Crippen LogP contribution in [0.25, 0.3) is 17.2 Å². The molecule has 0 unspecified atom stereocenters. The normalized spacial score (nSPS) is 13.5. The van der Waals surface area contributed by atoms with E-state index in [-0.39, 0.29) is 5.57 Å². The van der Waals surface area contributed by atoms with Crippen LogP contribution in [0.2, 0.25) is 0 Å². The van der Waals surface area contributed by atoms with Crippen LogP contribution in [0.15, 0.2) is 96.6 Å². The Bertz CT molecular complexity index is 1890. The average Bonchev–Trinajstić information content (AvgIpc) is 3.51. The monoisotopic (exact) mass is 531 g/mol. The molecule has 0 saturated heterocycles. The van der Waals surface area contributed by atoms with Gasteiger partial charge in [0.05, 0.1) is 16.8 Å². The Morgan fingerprint density at radius 3 is 1.88 bits per heavy atom. The summed E-state index contributed by atoms with van der Waals surface area (Å²) < 4.78 is 0. The van der Waals surface area contributed by atoms with Crippen LogP contribution in [-0.2, 0) is 5.41 Å². The fraction of sp³-hybridized carbons (Fsp3) is 0.111. The Hall–Kier alpha value is -4.90. The van der Waals surface area contributed by atoms with Crippen molar-refractivity contribution in [1.82, 2.24) is 0 Å². The van der Waals surface area contributed by atoms with Crippen LogP contribution in [0.5, 0.6) is 0 Å². The zero-order valence-electron chi connectivity index (χ0n) is 22.5. The highest BCUT2D eigenvalue weighted by Gasteiger charge is 2.52. The third kappa shape index (κ3) is 3.15. The number of nitrogens with zero attached hydrogens (tertiary/aromatic N) is 3. The van der Waals surface area contributed by atoms with Crippen LogP contribution < -0.4 is 4.90 Å². The molecule has 40 heavy (non-hydrogen) atoms. The fourth-order valence-corrected chi connectivity index (χ4v) is 8.12. The van der Waals surface area contributed by atoms with Crippen LogP contribution in [0, 0.1) is 43.4 Å². The second kappa shape index (κ2) is 8.82. The van der Waals surface area contributed by atoms with Crippen LogP contribution in [0.3, 0.4) is 0 Å². The van der Waals surface area contributed by atoms with Gasteiger partial charge >= 0.3 is 0 Å². The minimum absolute atomic E-state index is 0.103. The van der Waals surface area contributed by atoms with Crippen LogP contribution in [0.1, 0.15) is 43.8 Å². The minimum Gasteiger partial charge on any atom is -0.301 e. The summed E-state index contributed by atoms with van der Waals surface area (Å²) in [4.78, 5) is 3.30. The number of fused-ring (bicyclic) bond motifs is 9. The van der Waals surface area contributed by atoms with Gasteiger partial charge in [-0.25, -0.2) is 0 Å². The van der Waals surface area contributed by atoms with E-state index >= 15 is 0 Å². The number of allylic oxidation sites excluding steroid dienone is 1. The van der Waals surface area contributed by atoms with Crippen molar-refractivity contribution < 1.29 is 0 Å². The average molecular weight is 532 g/mol. The van der Waals surface area contributed by atoms with Gasteiger partial charge in [0, 0.05) is 10.4 Å². The number of para-hydroxylation sites is 1. The number of nitriles is 2. The maximum atomic E-state index is 9.58. The second-order valence-corrected chi connectivity index (χ2v) is 11.7. The van der Waals surface area contributed by atoms with E-state index in [0.717, 1.165) is 15.6 Å². The van der Waals surface area contributed by atoms with E-state index in [0.29, 0.717) is 0 Å². The molecule has 4 heteroatoms. The molecule has 2 heterocycles. The van der Waals surface area contributed by atoms with Gasteiger partial charge in [0.15, 0.2) is 0 Å². The highest BCUT2D eigenvalue weighted by Crippen LogP contribution is 2.65. The largest absolute Gasteiger partial charge is 0.301 e. The second-order valence-electron chi connectivity index (χ2n) is 10.6. The summed E-state index contributed by atoms with van der Waals surface area (Å²) in [7, 11) is 0. The summed E-state index contributed by atoms with van der Waals surface area (Å²) in [5.41, 5.74) is 13.0. The van der Waals surface area contributed by atoms with Crippen molar-refractivity contribution in [1.29, 1.82) is 10.5 Å². The molecule has 190 valence electrons. The van der Waals surface area contributed by atoms with Crippen molar-refractivity contribution >= 4 is 33.8 Å². The van der Waals surface area contributed by atoms with Gasteiger partial charge in [0.2, 0.25) is 0 Å². The molecule has 4 aromatic carbocycles. The molecule has 7 rings (SSSR count). The van der Waals surface area contributed by atoms with Gasteiger partial charge in [0.1, 0.15) is 22.7 Å². The van der Waals surface area contributed by atoms with E-state index in [1.165, 1.54) is 55.8 Å². The lowest BCUT2D eigenvalue weighted by Crippen LogP contribution is -2.35. The molecule has 0 radical (unpaired) electrons. The van der Waals surface area contributed by atoms with E-state index in [1.807, 2.05) is 0 Å². The summed E-state index contributed by atoms with van der Waals surface area (Å²) >= 11 is 1.64. The molecule has 2 aliphatic rings. The molecule has 0 N–H and O–H groups in total. The maximum absolute atomic E-state index is 9.58. The summed E-state index contributed by atoms with van der Waals surface area (Å²) in [6.45, 7) is 6.50. The Morgan fingerprint density at radius 2 is 1.27 bits per heavy atom. The molecular weight excluding hydrogens is 506 g/mol. The van der Waals surface area contributed by atoms with Crippen LogP contribution >= 0.6 is 11.3 Å². The summed E-state index contributed by atoms with van der Waals surface area (Å²) in [5, 5.41) is 20.3. The highest BCUT2D eigenvalue weighted by molar-refractivity contribution is 7.17. The molecule has 5 aromatic rings. The van der Waals surface area contributed by atoms with Gasteiger partial charge in [-0.3, -0.25) is 0 Å². The third-order valence-corrected chi connectivity index (χ3v) is 9.29. The number of hydrogen-bond donors (Lipinski definition) is 0. The van der Waals surface area contributed by atoms with Crippen molar-refractivity contribution in [2.24, 2.45) is 0 Å². The molecule has 0 atom stereocenters. The summed E-state index contributed by atoms with van der Waals surface area (Å²) in [6.07, 6.45) is 1.72. The van der Waals surface area contributed by atoms with E-state index < -0.39 is 5.41 Å². The number of benzene rings is 4. The van der Waals surface area contributed by atoms with Crippen molar-refractivity contribution in [3.8, 4) is 23.3 Å². The number of rotatable bonds is 2. The molecule has 1 spiro atoms. The first-order valence-corrected chi connectivity index (χ1v) is 14.1. The number of aryl methyl sites for hydroxylation is 3. The van der Waals surface area contributed by atoms with Crippen LogP contribution in [0.4, 0.5) is 16.4 Å². The fourth-order valence-electron chi connectivity index (χ4n) is 6.94. The van der Waals surface area contributed by atoms with Gasteiger partial charge in [-0.2, -0.15) is 10.5 Å².